The molecule has 1 saturated heterocycles. The molecule has 0 spiro atoms. The van der Waals surface area contributed by atoms with E-state index in [0.717, 1.165) is 4.90 Å². The number of carbonyl (C=O) groups excluding carboxylic acids is 3. The number of hydrogen-bond donors (Lipinski definition) is 2. The van der Waals surface area contributed by atoms with Crippen LogP contribution in [0, 0.1) is 5.41 Å². The van der Waals surface area contributed by atoms with Crippen LogP contribution in [0.5, 0.6) is 0 Å². The van der Waals surface area contributed by atoms with E-state index in [1.54, 1.807) is 37.2 Å². The number of imide groups is 1. The van der Waals surface area contributed by atoms with Gasteiger partial charge < -0.3 is 10.2 Å². The predicted molar refractivity (Wildman–Crippen MR) is 80.2 cm³/mol. The average molecular weight is 300 g/mol. The van der Waals surface area contributed by atoms with E-state index < -0.39 is 23.8 Å². The van der Waals surface area contributed by atoms with E-state index in [0.29, 0.717) is 23.2 Å². The van der Waals surface area contributed by atoms with Crippen molar-refractivity contribution in [2.24, 2.45) is 0 Å². The van der Waals surface area contributed by atoms with Crippen molar-refractivity contribution in [2.45, 2.75) is 18.9 Å². The van der Waals surface area contributed by atoms with Crippen molar-refractivity contribution in [3.8, 4) is 0 Å². The molecule has 0 saturated carbocycles. The first-order chi connectivity index (χ1) is 10.4. The fourth-order valence-corrected chi connectivity index (χ4v) is 2.89. The van der Waals surface area contributed by atoms with Gasteiger partial charge in [-0.3, -0.25) is 24.7 Å². The van der Waals surface area contributed by atoms with Crippen molar-refractivity contribution in [1.29, 1.82) is 5.41 Å². The highest BCUT2D eigenvalue weighted by atomic mass is 16.2. The number of nitrogens with zero attached hydrogens (tertiary/aromatic N) is 2. The number of piperidine rings is 1. The molecule has 3 amide bonds. The number of rotatable bonds is 2. The third-order valence-electron chi connectivity index (χ3n) is 3.96. The van der Waals surface area contributed by atoms with Crippen molar-refractivity contribution >= 4 is 29.2 Å². The number of benzene rings is 1. The molecule has 1 atom stereocenters. The minimum atomic E-state index is -0.850. The zero-order valence-electron chi connectivity index (χ0n) is 12.3. The number of amidine groups is 1. The monoisotopic (exact) mass is 300 g/mol. The fraction of sp³-hybridized carbons (Fsp3) is 0.333. The molecule has 1 unspecified atom stereocenters. The quantitative estimate of drug-likeness (QED) is 0.782. The molecule has 1 aromatic rings. The van der Waals surface area contributed by atoms with Crippen LogP contribution in [0.2, 0.25) is 0 Å². The van der Waals surface area contributed by atoms with Crippen LogP contribution >= 0.6 is 0 Å². The molecule has 22 heavy (non-hydrogen) atoms. The Morgan fingerprint density at radius 3 is 2.59 bits per heavy atom. The van der Waals surface area contributed by atoms with Crippen molar-refractivity contribution in [3.63, 3.8) is 0 Å². The summed E-state index contributed by atoms with van der Waals surface area (Å²) in [4.78, 5) is 40.1. The Balaban J connectivity index is 2.02. The average Bonchev–Trinajstić information content (AvgIpc) is 2.72. The number of fused-ring (bicyclic) bond motifs is 1. The number of amides is 3. The second-order valence-electron chi connectivity index (χ2n) is 5.60. The summed E-state index contributed by atoms with van der Waals surface area (Å²) in [6.07, 6.45) is 0.623. The van der Waals surface area contributed by atoms with Crippen molar-refractivity contribution in [1.82, 2.24) is 10.2 Å². The molecule has 7 nitrogen and oxygen atoms in total. The first kappa shape index (κ1) is 14.2. The molecule has 2 N–H and O–H groups in total. The van der Waals surface area contributed by atoms with E-state index >= 15 is 0 Å². The lowest BCUT2D eigenvalue weighted by Crippen LogP contribution is -2.54. The summed E-state index contributed by atoms with van der Waals surface area (Å²) < 4.78 is 0. The summed E-state index contributed by atoms with van der Waals surface area (Å²) in [5.41, 5.74) is 1.32. The largest absolute Gasteiger partial charge is 0.377 e. The molecule has 3 rings (SSSR count). The summed E-state index contributed by atoms with van der Waals surface area (Å²) in [5.74, 6) is -1.25. The normalized spacial score (nSPS) is 21.0. The smallest absolute Gasteiger partial charge is 0.264 e. The molecule has 2 aliphatic rings. The number of carbonyl (C=O) groups is 3. The molecule has 1 aromatic carbocycles. The molecule has 1 fully saturated rings. The molecule has 2 heterocycles. The van der Waals surface area contributed by atoms with Gasteiger partial charge in [-0.05, 0) is 18.6 Å². The SMILES string of the molecule is CN(C)c1cccc2c1C(=O)N(C1CCC(=N)NC1=O)C2=O. The Kier molecular flexibility index (Phi) is 3.20. The highest BCUT2D eigenvalue weighted by Gasteiger charge is 2.45. The van der Waals surface area contributed by atoms with Gasteiger partial charge in [-0.25, -0.2) is 0 Å². The van der Waals surface area contributed by atoms with Gasteiger partial charge in [0.2, 0.25) is 5.91 Å². The third-order valence-corrected chi connectivity index (χ3v) is 3.96. The van der Waals surface area contributed by atoms with Gasteiger partial charge in [-0.15, -0.1) is 0 Å². The van der Waals surface area contributed by atoms with Crippen LogP contribution in [0.3, 0.4) is 0 Å². The Morgan fingerprint density at radius 2 is 1.95 bits per heavy atom. The summed E-state index contributed by atoms with van der Waals surface area (Å²) >= 11 is 0. The van der Waals surface area contributed by atoms with E-state index in [1.165, 1.54) is 0 Å². The maximum Gasteiger partial charge on any atom is 0.264 e. The zero-order valence-corrected chi connectivity index (χ0v) is 12.3. The van der Waals surface area contributed by atoms with Gasteiger partial charge >= 0.3 is 0 Å². The molecule has 0 aromatic heterocycles. The minimum absolute atomic E-state index is 0.117. The topological polar surface area (TPSA) is 93.6 Å². The van der Waals surface area contributed by atoms with E-state index in [4.69, 9.17) is 5.41 Å². The third kappa shape index (κ3) is 1.97. The summed E-state index contributed by atoms with van der Waals surface area (Å²) in [6.45, 7) is 0. The molecule has 0 radical (unpaired) electrons. The Morgan fingerprint density at radius 1 is 1.23 bits per heavy atom. The molecule has 114 valence electrons. The van der Waals surface area contributed by atoms with E-state index in [9.17, 15) is 14.4 Å². The van der Waals surface area contributed by atoms with Crippen molar-refractivity contribution in [3.05, 3.63) is 29.3 Å². The van der Waals surface area contributed by atoms with Gasteiger partial charge in [-0.1, -0.05) is 6.07 Å². The first-order valence-electron chi connectivity index (χ1n) is 6.98. The number of anilines is 1. The Bertz CT molecular complexity index is 711. The van der Waals surface area contributed by atoms with Crippen LogP contribution in [-0.2, 0) is 4.79 Å². The summed E-state index contributed by atoms with van der Waals surface area (Å²) in [5, 5.41) is 9.87. The van der Waals surface area contributed by atoms with Gasteiger partial charge in [0.05, 0.1) is 17.0 Å². The van der Waals surface area contributed by atoms with Gasteiger partial charge in [0.1, 0.15) is 6.04 Å². The lowest BCUT2D eigenvalue weighted by molar-refractivity contribution is -0.124. The van der Waals surface area contributed by atoms with E-state index in [-0.39, 0.29) is 12.3 Å². The maximum atomic E-state index is 12.7. The summed E-state index contributed by atoms with van der Waals surface area (Å²) in [6, 6.07) is 4.24. The molecule has 7 heteroatoms. The Hall–Kier alpha value is -2.70. The Labute approximate surface area is 127 Å². The van der Waals surface area contributed by atoms with Gasteiger partial charge in [0.25, 0.3) is 11.8 Å². The van der Waals surface area contributed by atoms with Crippen molar-refractivity contribution in [2.75, 3.05) is 19.0 Å². The lowest BCUT2D eigenvalue weighted by atomic mass is 10.0. The van der Waals surface area contributed by atoms with Crippen LogP contribution in [0.4, 0.5) is 5.69 Å². The fourth-order valence-electron chi connectivity index (χ4n) is 2.89. The number of hydrogen-bond acceptors (Lipinski definition) is 5. The van der Waals surface area contributed by atoms with Crippen LogP contribution < -0.4 is 10.2 Å². The molecular formula is C15H16N4O3. The molecular weight excluding hydrogens is 284 g/mol. The second-order valence-corrected chi connectivity index (χ2v) is 5.60. The van der Waals surface area contributed by atoms with Gasteiger partial charge in [0.15, 0.2) is 0 Å². The molecule has 0 bridgehead atoms. The number of nitrogens with one attached hydrogen (secondary N) is 2. The lowest BCUT2D eigenvalue weighted by Gasteiger charge is -2.29. The molecule has 2 aliphatic heterocycles. The first-order valence-corrected chi connectivity index (χ1v) is 6.98. The summed E-state index contributed by atoms with van der Waals surface area (Å²) in [7, 11) is 3.59. The second kappa shape index (κ2) is 4.94. The van der Waals surface area contributed by atoms with Gasteiger partial charge in [-0.2, -0.15) is 0 Å². The maximum absolute atomic E-state index is 12.7. The van der Waals surface area contributed by atoms with E-state index in [2.05, 4.69) is 5.32 Å². The van der Waals surface area contributed by atoms with Crippen molar-refractivity contribution < 1.29 is 14.4 Å². The molecule has 0 aliphatic carbocycles. The van der Waals surface area contributed by atoms with Crippen LogP contribution in [-0.4, -0.2) is 48.6 Å². The zero-order chi connectivity index (χ0) is 16.0. The van der Waals surface area contributed by atoms with Crippen LogP contribution in [0.25, 0.3) is 0 Å². The van der Waals surface area contributed by atoms with Crippen LogP contribution in [0.1, 0.15) is 33.6 Å². The highest BCUT2D eigenvalue weighted by Crippen LogP contribution is 2.33. The van der Waals surface area contributed by atoms with Gasteiger partial charge in [0, 0.05) is 26.2 Å². The highest BCUT2D eigenvalue weighted by molar-refractivity contribution is 6.25. The van der Waals surface area contributed by atoms with Crippen LogP contribution in [0.15, 0.2) is 18.2 Å². The minimum Gasteiger partial charge on any atom is -0.377 e. The predicted octanol–water partition coefficient (Wildman–Crippen LogP) is 0.604. The standard InChI is InChI=1S/C15H16N4O3/c1-18(2)9-5-3-4-8-12(9)15(22)19(14(8)21)10-6-7-11(16)17-13(10)20/h3-5,10H,6-7H2,1-2H3,(H2,16,17,20). The van der Waals surface area contributed by atoms with E-state index in [1.807, 2.05) is 0 Å².